The highest BCUT2D eigenvalue weighted by Gasteiger charge is 2.18. The standard InChI is InChI=1S/C9H10BrClN2S/c10-6-5-7(12-13-9(6)11)8-3-1-2-4-14-8/h5,8H,1-4H2. The second kappa shape index (κ2) is 4.81. The number of halogens is 2. The number of rotatable bonds is 1. The van der Waals surface area contributed by atoms with Crippen molar-refractivity contribution in [1.29, 1.82) is 0 Å². The van der Waals surface area contributed by atoms with Crippen LogP contribution in [0.15, 0.2) is 10.5 Å². The molecule has 76 valence electrons. The minimum absolute atomic E-state index is 0.439. The van der Waals surface area contributed by atoms with E-state index in [1.807, 2.05) is 17.8 Å². The summed E-state index contributed by atoms with van der Waals surface area (Å²) in [7, 11) is 0. The van der Waals surface area contributed by atoms with Gasteiger partial charge in [0.15, 0.2) is 5.15 Å². The van der Waals surface area contributed by atoms with Crippen LogP contribution in [0.25, 0.3) is 0 Å². The fourth-order valence-electron chi connectivity index (χ4n) is 1.50. The summed E-state index contributed by atoms with van der Waals surface area (Å²) in [6, 6.07) is 1.98. The number of nitrogens with zero attached hydrogens (tertiary/aromatic N) is 2. The van der Waals surface area contributed by atoms with Gasteiger partial charge >= 0.3 is 0 Å². The van der Waals surface area contributed by atoms with Crippen molar-refractivity contribution in [2.24, 2.45) is 0 Å². The van der Waals surface area contributed by atoms with Gasteiger partial charge < -0.3 is 0 Å². The van der Waals surface area contributed by atoms with Crippen LogP contribution in [0.5, 0.6) is 0 Å². The highest BCUT2D eigenvalue weighted by molar-refractivity contribution is 9.10. The summed E-state index contributed by atoms with van der Waals surface area (Å²) < 4.78 is 0.843. The first-order valence-corrected chi connectivity index (χ1v) is 6.79. The minimum atomic E-state index is 0.439. The molecule has 0 aromatic carbocycles. The lowest BCUT2D eigenvalue weighted by molar-refractivity contribution is 0.668. The topological polar surface area (TPSA) is 25.8 Å². The van der Waals surface area contributed by atoms with E-state index in [4.69, 9.17) is 11.6 Å². The van der Waals surface area contributed by atoms with Gasteiger partial charge in [0.2, 0.25) is 0 Å². The van der Waals surface area contributed by atoms with Crippen molar-refractivity contribution in [1.82, 2.24) is 10.2 Å². The van der Waals surface area contributed by atoms with E-state index in [0.29, 0.717) is 10.4 Å². The molecular weight excluding hydrogens is 284 g/mol. The SMILES string of the molecule is Clc1nnc(C2CCCCS2)cc1Br. The number of aromatic nitrogens is 2. The van der Waals surface area contributed by atoms with Gasteiger partial charge in [0.25, 0.3) is 0 Å². The summed E-state index contributed by atoms with van der Waals surface area (Å²) >= 11 is 11.1. The van der Waals surface area contributed by atoms with Crippen molar-refractivity contribution in [2.45, 2.75) is 24.5 Å². The van der Waals surface area contributed by atoms with Crippen molar-refractivity contribution in [2.75, 3.05) is 5.75 Å². The van der Waals surface area contributed by atoms with Gasteiger partial charge in [-0.1, -0.05) is 18.0 Å². The largest absolute Gasteiger partial charge is 0.165 e. The molecule has 1 aromatic heterocycles. The van der Waals surface area contributed by atoms with E-state index in [1.54, 1.807) is 0 Å². The molecule has 0 N–H and O–H groups in total. The van der Waals surface area contributed by atoms with Gasteiger partial charge in [-0.25, -0.2) is 0 Å². The van der Waals surface area contributed by atoms with E-state index in [1.165, 1.54) is 25.0 Å². The first-order valence-electron chi connectivity index (χ1n) is 4.57. The first kappa shape index (κ1) is 10.7. The minimum Gasteiger partial charge on any atom is -0.153 e. The van der Waals surface area contributed by atoms with E-state index >= 15 is 0 Å². The van der Waals surface area contributed by atoms with Crippen LogP contribution >= 0.6 is 39.3 Å². The smallest absolute Gasteiger partial charge is 0.153 e. The Bertz CT molecular complexity index is 329. The highest BCUT2D eigenvalue weighted by Crippen LogP contribution is 2.38. The molecule has 1 aliphatic rings. The van der Waals surface area contributed by atoms with Crippen LogP contribution in [0.1, 0.15) is 30.2 Å². The third kappa shape index (κ3) is 2.41. The molecule has 1 aliphatic heterocycles. The Kier molecular flexibility index (Phi) is 3.68. The van der Waals surface area contributed by atoms with Crippen molar-refractivity contribution >= 4 is 39.3 Å². The van der Waals surface area contributed by atoms with Crippen molar-refractivity contribution in [3.8, 4) is 0 Å². The highest BCUT2D eigenvalue weighted by atomic mass is 79.9. The lowest BCUT2D eigenvalue weighted by Gasteiger charge is -2.20. The molecule has 1 aromatic rings. The van der Waals surface area contributed by atoms with E-state index in [0.717, 1.165) is 10.2 Å². The molecule has 1 fully saturated rings. The quantitative estimate of drug-likeness (QED) is 0.786. The maximum absolute atomic E-state index is 5.79. The summed E-state index contributed by atoms with van der Waals surface area (Å²) in [5.74, 6) is 1.23. The molecule has 1 atom stereocenters. The van der Waals surface area contributed by atoms with Crippen LogP contribution in [0.3, 0.4) is 0 Å². The Labute approximate surface area is 101 Å². The average Bonchev–Trinajstić information content (AvgIpc) is 2.23. The molecular formula is C9H10BrClN2S. The zero-order valence-electron chi connectivity index (χ0n) is 7.54. The molecule has 1 saturated heterocycles. The normalized spacial score (nSPS) is 22.3. The van der Waals surface area contributed by atoms with Crippen molar-refractivity contribution in [3.63, 3.8) is 0 Å². The van der Waals surface area contributed by atoms with Crippen LogP contribution in [-0.4, -0.2) is 16.0 Å². The molecule has 2 heterocycles. The zero-order chi connectivity index (χ0) is 9.97. The van der Waals surface area contributed by atoms with Crippen molar-refractivity contribution < 1.29 is 0 Å². The second-order valence-corrected chi connectivity index (χ2v) is 5.79. The average molecular weight is 294 g/mol. The van der Waals surface area contributed by atoms with Gasteiger partial charge in [0.05, 0.1) is 10.2 Å². The maximum Gasteiger partial charge on any atom is 0.165 e. The molecule has 14 heavy (non-hydrogen) atoms. The van der Waals surface area contributed by atoms with Crippen LogP contribution in [0.4, 0.5) is 0 Å². The second-order valence-electron chi connectivity index (χ2n) is 3.26. The predicted molar refractivity (Wildman–Crippen MR) is 63.8 cm³/mol. The Balaban J connectivity index is 2.18. The van der Waals surface area contributed by atoms with Gasteiger partial charge in [-0.05, 0) is 40.6 Å². The zero-order valence-corrected chi connectivity index (χ0v) is 10.7. The van der Waals surface area contributed by atoms with Gasteiger partial charge in [0, 0.05) is 5.25 Å². The fourth-order valence-corrected chi connectivity index (χ4v) is 3.18. The summed E-state index contributed by atoms with van der Waals surface area (Å²) in [5.41, 5.74) is 1.05. The molecule has 0 spiro atoms. The summed E-state index contributed by atoms with van der Waals surface area (Å²) in [6.45, 7) is 0. The van der Waals surface area contributed by atoms with E-state index < -0.39 is 0 Å². The Morgan fingerprint density at radius 3 is 2.93 bits per heavy atom. The van der Waals surface area contributed by atoms with E-state index in [9.17, 15) is 0 Å². The molecule has 0 amide bonds. The summed E-state index contributed by atoms with van der Waals surface area (Å²) in [4.78, 5) is 0. The Morgan fingerprint density at radius 2 is 2.29 bits per heavy atom. The number of hydrogen-bond donors (Lipinski definition) is 0. The van der Waals surface area contributed by atoms with Gasteiger partial charge in [-0.2, -0.15) is 16.9 Å². The third-order valence-electron chi connectivity index (χ3n) is 2.23. The molecule has 0 aliphatic carbocycles. The maximum atomic E-state index is 5.79. The molecule has 2 nitrogen and oxygen atoms in total. The van der Waals surface area contributed by atoms with Gasteiger partial charge in [-0.15, -0.1) is 5.10 Å². The molecule has 1 unspecified atom stereocenters. The van der Waals surface area contributed by atoms with E-state index in [2.05, 4.69) is 26.1 Å². The van der Waals surface area contributed by atoms with Crippen LogP contribution in [0, 0.1) is 0 Å². The monoisotopic (exact) mass is 292 g/mol. The van der Waals surface area contributed by atoms with Gasteiger partial charge in [-0.3, -0.25) is 0 Å². The number of hydrogen-bond acceptors (Lipinski definition) is 3. The molecule has 5 heteroatoms. The lowest BCUT2D eigenvalue weighted by Crippen LogP contribution is -2.05. The Morgan fingerprint density at radius 1 is 1.43 bits per heavy atom. The number of thioether (sulfide) groups is 1. The van der Waals surface area contributed by atoms with E-state index in [-0.39, 0.29) is 0 Å². The van der Waals surface area contributed by atoms with Crippen LogP contribution in [0.2, 0.25) is 5.15 Å². The summed E-state index contributed by atoms with van der Waals surface area (Å²) in [5, 5.41) is 8.98. The van der Waals surface area contributed by atoms with Crippen LogP contribution < -0.4 is 0 Å². The fraction of sp³-hybridized carbons (Fsp3) is 0.556. The molecule has 0 radical (unpaired) electrons. The Hall–Kier alpha value is 0.200. The van der Waals surface area contributed by atoms with Crippen LogP contribution in [-0.2, 0) is 0 Å². The first-order chi connectivity index (χ1) is 6.77. The summed E-state index contributed by atoms with van der Waals surface area (Å²) in [6.07, 6.45) is 3.82. The van der Waals surface area contributed by atoms with Gasteiger partial charge in [0.1, 0.15) is 0 Å². The van der Waals surface area contributed by atoms with Crippen molar-refractivity contribution in [3.05, 3.63) is 21.4 Å². The third-order valence-corrected chi connectivity index (χ3v) is 4.75. The predicted octanol–water partition coefficient (Wildman–Crippen LogP) is 3.85. The molecule has 2 rings (SSSR count). The lowest BCUT2D eigenvalue weighted by atomic mass is 10.1. The molecule has 0 saturated carbocycles. The molecule has 0 bridgehead atoms.